The molecule has 0 fully saturated rings. The maximum atomic E-state index is 13.9. The van der Waals surface area contributed by atoms with Crippen molar-refractivity contribution in [2.45, 2.75) is 90.2 Å². The van der Waals surface area contributed by atoms with Gasteiger partial charge in [-0.2, -0.15) is 4.31 Å². The number of sulfonamides is 1. The summed E-state index contributed by atoms with van der Waals surface area (Å²) in [5.74, 6) is 0.702. The Labute approximate surface area is 317 Å². The number of rotatable bonds is 16. The lowest BCUT2D eigenvalue weighted by atomic mass is 9.99. The van der Waals surface area contributed by atoms with Crippen LogP contribution >= 0.6 is 11.3 Å². The lowest BCUT2D eigenvalue weighted by Gasteiger charge is -2.41. The molecule has 3 aromatic carbocycles. The van der Waals surface area contributed by atoms with Crippen molar-refractivity contribution in [3.05, 3.63) is 88.8 Å². The number of methoxy groups -OCH3 is 2. The summed E-state index contributed by atoms with van der Waals surface area (Å²) in [6.07, 6.45) is -0.232. The molecular weight excluding hydrogens is 717 g/mol. The van der Waals surface area contributed by atoms with Crippen molar-refractivity contribution in [1.82, 2.24) is 9.21 Å². The van der Waals surface area contributed by atoms with Gasteiger partial charge in [0.2, 0.25) is 10.0 Å². The molecule has 0 saturated carbocycles. The molecule has 0 spiro atoms. The van der Waals surface area contributed by atoms with E-state index in [0.717, 1.165) is 20.5 Å². The van der Waals surface area contributed by atoms with Gasteiger partial charge in [-0.05, 0) is 101 Å². The molecule has 1 atom stereocenters. The number of thiophene rings is 1. The predicted octanol–water partition coefficient (Wildman–Crippen LogP) is 7.89. The van der Waals surface area contributed by atoms with Crippen molar-refractivity contribution in [2.24, 2.45) is 5.92 Å². The van der Waals surface area contributed by atoms with Crippen LogP contribution in [0.4, 0.5) is 4.79 Å². The summed E-state index contributed by atoms with van der Waals surface area (Å²) in [5.41, 5.74) is -1.17. The lowest BCUT2D eigenvalue weighted by molar-refractivity contribution is -0.102. The van der Waals surface area contributed by atoms with Gasteiger partial charge in [0.15, 0.2) is 0 Å². The molecule has 4 aromatic rings. The SMILES string of the molecule is COC(=O)c1c(COc2ccc(C[C@@H](CCN(CC(C)C)S(=O)(=O)c3ccc(OC)cc3)N(C(=O)OC(C)(C)C)C(C)(C)O)cc2)sc2ccccc12. The monoisotopic (exact) mass is 768 g/mol. The summed E-state index contributed by atoms with van der Waals surface area (Å²) in [4.78, 5) is 28.5. The molecule has 0 unspecified atom stereocenters. The Morgan fingerprint density at radius 2 is 1.51 bits per heavy atom. The molecule has 288 valence electrons. The van der Waals surface area contributed by atoms with Crippen LogP contribution in [0.5, 0.6) is 11.5 Å². The average Bonchev–Trinajstić information content (AvgIpc) is 3.46. The first-order valence-electron chi connectivity index (χ1n) is 17.5. The van der Waals surface area contributed by atoms with Crippen LogP contribution in [0.2, 0.25) is 0 Å². The second-order valence-electron chi connectivity index (χ2n) is 14.7. The number of hydrogen-bond donors (Lipinski definition) is 1. The minimum atomic E-state index is -3.92. The number of ether oxygens (including phenoxy) is 4. The van der Waals surface area contributed by atoms with E-state index in [1.807, 2.05) is 50.2 Å². The van der Waals surface area contributed by atoms with Crippen molar-refractivity contribution >= 4 is 43.5 Å². The smallest absolute Gasteiger partial charge is 0.412 e. The van der Waals surface area contributed by atoms with Crippen LogP contribution in [0.15, 0.2) is 77.7 Å². The van der Waals surface area contributed by atoms with E-state index in [0.29, 0.717) is 17.1 Å². The Hall–Kier alpha value is -4.17. The molecule has 0 aliphatic carbocycles. The van der Waals surface area contributed by atoms with E-state index >= 15 is 0 Å². The molecule has 13 heteroatoms. The van der Waals surface area contributed by atoms with Gasteiger partial charge in [-0.15, -0.1) is 11.3 Å². The van der Waals surface area contributed by atoms with Gasteiger partial charge in [-0.3, -0.25) is 4.90 Å². The van der Waals surface area contributed by atoms with Gasteiger partial charge < -0.3 is 24.1 Å². The Kier molecular flexibility index (Phi) is 13.6. The first-order valence-corrected chi connectivity index (χ1v) is 19.8. The number of nitrogens with zero attached hydrogens (tertiary/aromatic N) is 2. The molecule has 1 N–H and O–H groups in total. The van der Waals surface area contributed by atoms with E-state index in [4.69, 9.17) is 18.9 Å². The number of fused-ring (bicyclic) bond motifs is 1. The Bertz CT molecular complexity index is 1940. The zero-order chi connectivity index (χ0) is 39.1. The van der Waals surface area contributed by atoms with Crippen molar-refractivity contribution in [3.63, 3.8) is 0 Å². The van der Waals surface area contributed by atoms with Crippen molar-refractivity contribution in [1.29, 1.82) is 0 Å². The second kappa shape index (κ2) is 17.3. The third-order valence-electron chi connectivity index (χ3n) is 8.35. The Balaban J connectivity index is 1.61. The van der Waals surface area contributed by atoms with Crippen LogP contribution < -0.4 is 9.47 Å². The standard InChI is InChI=1S/C40H52N2O9S2/c1-27(2)25-41(53(46,47)32-20-18-30(48-8)19-21-32)23-22-29(42(40(6,7)45)38(44)51-39(3,4)5)24-28-14-16-31(17-15-28)50-26-35-36(37(43)49-9)33-12-10-11-13-34(33)52-35/h10-21,27,29,45H,22-26H2,1-9H3/t29-/m1/s1. The van der Waals surface area contributed by atoms with Crippen LogP contribution in [0.3, 0.4) is 0 Å². The van der Waals surface area contributed by atoms with Gasteiger partial charge in [0.25, 0.3) is 0 Å². The van der Waals surface area contributed by atoms with Crippen molar-refractivity contribution < 1.29 is 42.1 Å². The van der Waals surface area contributed by atoms with Gasteiger partial charge in [-0.1, -0.05) is 44.2 Å². The molecule has 0 aliphatic rings. The maximum absolute atomic E-state index is 13.9. The van der Waals surface area contributed by atoms with E-state index in [1.165, 1.54) is 60.7 Å². The topological polar surface area (TPSA) is 132 Å². The van der Waals surface area contributed by atoms with Crippen LogP contribution in [0.1, 0.15) is 75.7 Å². The summed E-state index contributed by atoms with van der Waals surface area (Å²) < 4.78 is 52.4. The number of carbonyl (C=O) groups is 2. The summed E-state index contributed by atoms with van der Waals surface area (Å²) >= 11 is 1.47. The van der Waals surface area contributed by atoms with Crippen molar-refractivity contribution in [2.75, 3.05) is 27.3 Å². The maximum Gasteiger partial charge on any atom is 0.412 e. The number of carbonyl (C=O) groups excluding carboxylic acids is 2. The van der Waals surface area contributed by atoms with E-state index in [2.05, 4.69) is 0 Å². The third-order valence-corrected chi connectivity index (χ3v) is 11.4. The first-order chi connectivity index (χ1) is 24.8. The summed E-state index contributed by atoms with van der Waals surface area (Å²) in [6.45, 7) is 12.6. The number of amides is 1. The Morgan fingerprint density at radius 3 is 2.08 bits per heavy atom. The number of benzene rings is 3. The van der Waals surface area contributed by atoms with Crippen LogP contribution in [-0.2, 0) is 32.5 Å². The highest BCUT2D eigenvalue weighted by Crippen LogP contribution is 2.33. The van der Waals surface area contributed by atoms with E-state index in [-0.39, 0.29) is 43.4 Å². The number of esters is 1. The zero-order valence-corrected chi connectivity index (χ0v) is 33.7. The molecule has 4 rings (SSSR count). The molecule has 53 heavy (non-hydrogen) atoms. The fourth-order valence-corrected chi connectivity index (χ4v) is 8.75. The second-order valence-corrected chi connectivity index (χ2v) is 17.8. The Morgan fingerprint density at radius 1 is 0.887 bits per heavy atom. The molecule has 0 radical (unpaired) electrons. The van der Waals surface area contributed by atoms with E-state index < -0.39 is 39.5 Å². The normalized spacial score (nSPS) is 12.9. The fourth-order valence-electron chi connectivity index (χ4n) is 6.03. The van der Waals surface area contributed by atoms with Gasteiger partial charge in [-0.25, -0.2) is 18.0 Å². The zero-order valence-electron chi connectivity index (χ0n) is 32.0. The lowest BCUT2D eigenvalue weighted by Crippen LogP contribution is -2.56. The fraction of sp³-hybridized carbons (Fsp3) is 0.450. The highest BCUT2D eigenvalue weighted by atomic mass is 32.2. The largest absolute Gasteiger partial charge is 0.497 e. The number of aliphatic hydroxyl groups is 1. The van der Waals surface area contributed by atoms with Gasteiger partial charge >= 0.3 is 12.1 Å². The van der Waals surface area contributed by atoms with Gasteiger partial charge in [0.05, 0.1) is 29.6 Å². The molecule has 1 heterocycles. The minimum Gasteiger partial charge on any atom is -0.497 e. The van der Waals surface area contributed by atoms with E-state index in [9.17, 15) is 23.1 Å². The number of hydrogen-bond acceptors (Lipinski definition) is 10. The molecular formula is C40H52N2O9S2. The third kappa shape index (κ3) is 10.9. The van der Waals surface area contributed by atoms with Gasteiger partial charge in [0.1, 0.15) is 29.4 Å². The first kappa shape index (κ1) is 41.6. The van der Waals surface area contributed by atoms with Gasteiger partial charge in [0, 0.05) is 29.2 Å². The molecule has 1 aromatic heterocycles. The van der Waals surface area contributed by atoms with Crippen molar-refractivity contribution in [3.8, 4) is 11.5 Å². The molecule has 0 bridgehead atoms. The quantitative estimate of drug-likeness (QED) is 0.0893. The highest BCUT2D eigenvalue weighted by Gasteiger charge is 2.39. The highest BCUT2D eigenvalue weighted by molar-refractivity contribution is 7.89. The minimum absolute atomic E-state index is 0.0153. The van der Waals surface area contributed by atoms with Crippen LogP contribution in [-0.4, -0.2) is 79.5 Å². The summed E-state index contributed by atoms with van der Waals surface area (Å²) in [6, 6.07) is 20.6. The average molecular weight is 769 g/mol. The molecule has 1 amide bonds. The van der Waals surface area contributed by atoms with E-state index in [1.54, 1.807) is 45.0 Å². The molecule has 0 aliphatic heterocycles. The summed E-state index contributed by atoms with van der Waals surface area (Å²) in [5, 5.41) is 12.2. The summed E-state index contributed by atoms with van der Waals surface area (Å²) in [7, 11) is -1.04. The predicted molar refractivity (Wildman–Crippen MR) is 207 cm³/mol. The molecule has 11 nitrogen and oxygen atoms in total. The molecule has 0 saturated heterocycles. The van der Waals surface area contributed by atoms with Crippen LogP contribution in [0, 0.1) is 5.92 Å². The van der Waals surface area contributed by atoms with Crippen LogP contribution in [0.25, 0.3) is 10.1 Å².